The van der Waals surface area contributed by atoms with Crippen LogP contribution in [0.5, 0.6) is 0 Å². The fourth-order valence-electron chi connectivity index (χ4n) is 1.39. The summed E-state index contributed by atoms with van der Waals surface area (Å²) in [6, 6.07) is 0. The molecule has 0 spiro atoms. The van der Waals surface area contributed by atoms with Crippen molar-refractivity contribution in [3.8, 4) is 0 Å². The Labute approximate surface area is 69.6 Å². The van der Waals surface area contributed by atoms with E-state index >= 15 is 0 Å². The largest absolute Gasteiger partial charge is 0.375 e. The smallest absolute Gasteiger partial charge is 0.180 e. The number of nitrogens with two attached hydrogens (primary N) is 1. The number of nitrogens with one attached hydrogen (secondary N) is 1. The molecule has 3 N–H and O–H groups in total. The number of thiazole rings is 1. The SMILES string of the molecule is CC1CNCc2sc(N)nc21. The van der Waals surface area contributed by atoms with Crippen LogP contribution in [0.4, 0.5) is 5.13 Å². The average molecular weight is 169 g/mol. The lowest BCUT2D eigenvalue weighted by atomic mass is 10.0. The van der Waals surface area contributed by atoms with Crippen molar-refractivity contribution in [1.29, 1.82) is 0 Å². The minimum absolute atomic E-state index is 0.521. The van der Waals surface area contributed by atoms with Gasteiger partial charge < -0.3 is 11.1 Å². The third-order valence-corrected chi connectivity index (χ3v) is 2.85. The Kier molecular flexibility index (Phi) is 1.58. The van der Waals surface area contributed by atoms with Crippen LogP contribution in [0.25, 0.3) is 0 Å². The molecule has 60 valence electrons. The van der Waals surface area contributed by atoms with E-state index in [1.807, 2.05) is 0 Å². The molecule has 0 saturated carbocycles. The Morgan fingerprint density at radius 3 is 3.27 bits per heavy atom. The molecule has 0 aromatic carbocycles. The van der Waals surface area contributed by atoms with Gasteiger partial charge in [0, 0.05) is 23.9 Å². The molecule has 0 amide bonds. The first kappa shape index (κ1) is 7.06. The van der Waals surface area contributed by atoms with Crippen LogP contribution >= 0.6 is 11.3 Å². The summed E-state index contributed by atoms with van der Waals surface area (Å²) in [6.45, 7) is 4.13. The van der Waals surface area contributed by atoms with Crippen LogP contribution < -0.4 is 11.1 Å². The fourth-order valence-corrected chi connectivity index (χ4v) is 2.32. The summed E-state index contributed by atoms with van der Waals surface area (Å²) < 4.78 is 0. The highest BCUT2D eigenvalue weighted by atomic mass is 32.1. The second kappa shape index (κ2) is 2.46. The molecular weight excluding hydrogens is 158 g/mol. The molecular formula is C7H11N3S. The molecule has 0 bridgehead atoms. The fraction of sp³-hybridized carbons (Fsp3) is 0.571. The van der Waals surface area contributed by atoms with Gasteiger partial charge in [-0.3, -0.25) is 0 Å². The van der Waals surface area contributed by atoms with Crippen LogP contribution in [-0.4, -0.2) is 11.5 Å². The summed E-state index contributed by atoms with van der Waals surface area (Å²) in [4.78, 5) is 5.60. The van der Waals surface area contributed by atoms with Crippen molar-refractivity contribution in [2.75, 3.05) is 12.3 Å². The highest BCUT2D eigenvalue weighted by Gasteiger charge is 2.19. The van der Waals surface area contributed by atoms with E-state index in [0.717, 1.165) is 13.1 Å². The molecule has 0 radical (unpaired) electrons. The Hall–Kier alpha value is -0.610. The zero-order valence-electron chi connectivity index (χ0n) is 6.42. The number of anilines is 1. The summed E-state index contributed by atoms with van der Waals surface area (Å²) in [5.74, 6) is 0.521. The van der Waals surface area contributed by atoms with Gasteiger partial charge in [0.05, 0.1) is 5.69 Å². The number of aromatic nitrogens is 1. The summed E-state index contributed by atoms with van der Waals surface area (Å²) in [5, 5.41) is 4.02. The van der Waals surface area contributed by atoms with Crippen molar-refractivity contribution < 1.29 is 0 Å². The van der Waals surface area contributed by atoms with Crippen LogP contribution in [0.15, 0.2) is 0 Å². The maximum absolute atomic E-state index is 5.60. The molecule has 1 aliphatic rings. The lowest BCUT2D eigenvalue weighted by molar-refractivity contribution is 0.567. The summed E-state index contributed by atoms with van der Waals surface area (Å²) >= 11 is 1.60. The quantitative estimate of drug-likeness (QED) is 0.607. The molecule has 2 heterocycles. The first-order chi connectivity index (χ1) is 5.27. The predicted molar refractivity (Wildman–Crippen MR) is 46.6 cm³/mol. The standard InChI is InChI=1S/C7H11N3S/c1-4-2-9-3-5-6(4)10-7(8)11-5/h4,9H,2-3H2,1H3,(H2,8,10). The van der Waals surface area contributed by atoms with Crippen LogP contribution in [0.1, 0.15) is 23.4 Å². The van der Waals surface area contributed by atoms with Crippen molar-refractivity contribution >= 4 is 16.5 Å². The van der Waals surface area contributed by atoms with E-state index in [1.165, 1.54) is 10.6 Å². The number of nitrogens with zero attached hydrogens (tertiary/aromatic N) is 1. The average Bonchev–Trinajstić information content (AvgIpc) is 2.31. The minimum Gasteiger partial charge on any atom is -0.375 e. The lowest BCUT2D eigenvalue weighted by Crippen LogP contribution is -2.25. The molecule has 2 rings (SSSR count). The Balaban J connectivity index is 2.43. The number of hydrogen-bond donors (Lipinski definition) is 2. The molecule has 1 aliphatic heterocycles. The van der Waals surface area contributed by atoms with Gasteiger partial charge in [-0.25, -0.2) is 4.98 Å². The van der Waals surface area contributed by atoms with Crippen molar-refractivity contribution in [2.24, 2.45) is 0 Å². The number of rotatable bonds is 0. The van der Waals surface area contributed by atoms with E-state index in [0.29, 0.717) is 11.0 Å². The lowest BCUT2D eigenvalue weighted by Gasteiger charge is -2.17. The van der Waals surface area contributed by atoms with Crippen LogP contribution in [0.2, 0.25) is 0 Å². The predicted octanol–water partition coefficient (Wildman–Crippen LogP) is 0.932. The maximum Gasteiger partial charge on any atom is 0.180 e. The van der Waals surface area contributed by atoms with E-state index in [2.05, 4.69) is 17.2 Å². The molecule has 1 aromatic heterocycles. The maximum atomic E-state index is 5.60. The van der Waals surface area contributed by atoms with Crippen LogP contribution in [0.3, 0.4) is 0 Å². The molecule has 0 fully saturated rings. The van der Waals surface area contributed by atoms with Gasteiger partial charge >= 0.3 is 0 Å². The first-order valence-corrected chi connectivity index (χ1v) is 4.55. The third-order valence-electron chi connectivity index (χ3n) is 1.95. The van der Waals surface area contributed by atoms with Gasteiger partial charge in [0.2, 0.25) is 0 Å². The molecule has 1 atom stereocenters. The highest BCUT2D eigenvalue weighted by molar-refractivity contribution is 7.15. The zero-order chi connectivity index (χ0) is 7.84. The van der Waals surface area contributed by atoms with Gasteiger partial charge in [0.1, 0.15) is 0 Å². The molecule has 11 heavy (non-hydrogen) atoms. The second-order valence-electron chi connectivity index (χ2n) is 2.89. The summed E-state index contributed by atoms with van der Waals surface area (Å²) in [5.41, 5.74) is 6.80. The Bertz CT molecular complexity index is 269. The van der Waals surface area contributed by atoms with E-state index < -0.39 is 0 Å². The normalized spacial score (nSPS) is 23.2. The zero-order valence-corrected chi connectivity index (χ0v) is 7.24. The summed E-state index contributed by atoms with van der Waals surface area (Å²) in [7, 11) is 0. The second-order valence-corrected chi connectivity index (χ2v) is 4.01. The van der Waals surface area contributed by atoms with E-state index in [1.54, 1.807) is 11.3 Å². The molecule has 4 heteroatoms. The van der Waals surface area contributed by atoms with Gasteiger partial charge in [-0.05, 0) is 0 Å². The first-order valence-electron chi connectivity index (χ1n) is 3.73. The van der Waals surface area contributed by atoms with Crippen LogP contribution in [0, 0.1) is 0 Å². The van der Waals surface area contributed by atoms with Crippen molar-refractivity contribution in [1.82, 2.24) is 10.3 Å². The van der Waals surface area contributed by atoms with Crippen molar-refractivity contribution in [2.45, 2.75) is 19.4 Å². The molecule has 1 unspecified atom stereocenters. The van der Waals surface area contributed by atoms with Crippen molar-refractivity contribution in [3.63, 3.8) is 0 Å². The van der Waals surface area contributed by atoms with Gasteiger partial charge in [-0.1, -0.05) is 6.92 Å². The van der Waals surface area contributed by atoms with E-state index in [-0.39, 0.29) is 0 Å². The molecule has 0 saturated heterocycles. The van der Waals surface area contributed by atoms with Gasteiger partial charge in [0.25, 0.3) is 0 Å². The minimum atomic E-state index is 0.521. The number of fused-ring (bicyclic) bond motifs is 1. The topological polar surface area (TPSA) is 50.9 Å². The van der Waals surface area contributed by atoms with Crippen LogP contribution in [-0.2, 0) is 6.54 Å². The molecule has 3 nitrogen and oxygen atoms in total. The van der Waals surface area contributed by atoms with Gasteiger partial charge in [-0.15, -0.1) is 11.3 Å². The van der Waals surface area contributed by atoms with Gasteiger partial charge in [-0.2, -0.15) is 0 Å². The Morgan fingerprint density at radius 2 is 2.55 bits per heavy atom. The molecule has 0 aliphatic carbocycles. The van der Waals surface area contributed by atoms with E-state index in [4.69, 9.17) is 5.73 Å². The summed E-state index contributed by atoms with van der Waals surface area (Å²) in [6.07, 6.45) is 0. The number of nitrogen functional groups attached to an aromatic ring is 1. The molecule has 1 aromatic rings. The monoisotopic (exact) mass is 169 g/mol. The highest BCUT2D eigenvalue weighted by Crippen LogP contribution is 2.28. The van der Waals surface area contributed by atoms with Crippen molar-refractivity contribution in [3.05, 3.63) is 10.6 Å². The number of hydrogen-bond acceptors (Lipinski definition) is 4. The Morgan fingerprint density at radius 1 is 1.73 bits per heavy atom. The van der Waals surface area contributed by atoms with E-state index in [9.17, 15) is 0 Å². The third kappa shape index (κ3) is 1.12. The van der Waals surface area contributed by atoms with Gasteiger partial charge in [0.15, 0.2) is 5.13 Å².